The van der Waals surface area contributed by atoms with E-state index in [1.54, 1.807) is 6.26 Å². The first-order valence-electron chi connectivity index (χ1n) is 13.0. The fourth-order valence-electron chi connectivity index (χ4n) is 6.11. The minimum absolute atomic E-state index is 1.27. The van der Waals surface area contributed by atoms with Gasteiger partial charge in [-0.3, -0.25) is 0 Å². The summed E-state index contributed by atoms with van der Waals surface area (Å²) < 4.78 is 4.58. The topological polar surface area (TPSA) is 9.86 Å². The molecule has 0 aliphatic rings. The van der Waals surface area contributed by atoms with Gasteiger partial charge < -0.3 is 9.13 Å². The van der Waals surface area contributed by atoms with Crippen LogP contribution in [0.2, 0.25) is 0 Å². The van der Waals surface area contributed by atoms with Gasteiger partial charge >= 0.3 is 0 Å². The van der Waals surface area contributed by atoms with E-state index in [1.807, 2.05) is 0 Å². The van der Waals surface area contributed by atoms with Gasteiger partial charge in [0, 0.05) is 57.7 Å². The normalized spacial score (nSPS) is 11.4. The van der Waals surface area contributed by atoms with E-state index in [2.05, 4.69) is 147 Å². The summed E-state index contributed by atoms with van der Waals surface area (Å²) in [4.78, 5) is 0. The minimum Gasteiger partial charge on any atom is -0.344 e. The average Bonchev–Trinajstić information content (AvgIpc) is 3.41. The number of aryl methyl sites for hydroxylation is 4. The van der Waals surface area contributed by atoms with Crippen molar-refractivity contribution < 1.29 is 0 Å². The van der Waals surface area contributed by atoms with E-state index in [1.165, 1.54) is 77.0 Å². The third-order valence-corrected chi connectivity index (χ3v) is 8.02. The van der Waals surface area contributed by atoms with Crippen molar-refractivity contribution >= 4 is 56.2 Å². The highest BCUT2D eigenvalue weighted by molar-refractivity contribution is 7.79. The van der Waals surface area contributed by atoms with E-state index in [0.29, 0.717) is 0 Å². The summed E-state index contributed by atoms with van der Waals surface area (Å²) in [6, 6.07) is 35.9. The van der Waals surface area contributed by atoms with Gasteiger partial charge in [-0.1, -0.05) is 60.7 Å². The highest BCUT2D eigenvalue weighted by Crippen LogP contribution is 2.37. The summed E-state index contributed by atoms with van der Waals surface area (Å²) in [5.74, 6) is 0. The van der Waals surface area contributed by atoms with E-state index < -0.39 is 0 Å². The number of thiol groups is 1. The number of hydrogen-bond donors (Lipinski definition) is 1. The van der Waals surface area contributed by atoms with E-state index in [9.17, 15) is 0 Å². The molecule has 5 aromatic carbocycles. The molecule has 2 aromatic heterocycles. The van der Waals surface area contributed by atoms with Gasteiger partial charge in [0.05, 0.1) is 0 Å². The predicted octanol–water partition coefficient (Wildman–Crippen LogP) is 9.47. The quantitative estimate of drug-likeness (QED) is 0.221. The largest absolute Gasteiger partial charge is 0.344 e. The second kappa shape index (κ2) is 9.41. The SMILES string of the molecule is CS.Cc1cc(-c2ccc3c(c2)c2ccccc2n3C)c(C)cc1-c1ccc2c(c1)c1ccccc1n2C. The van der Waals surface area contributed by atoms with Crippen LogP contribution < -0.4 is 0 Å². The van der Waals surface area contributed by atoms with Crippen LogP contribution in [0.5, 0.6) is 0 Å². The smallest absolute Gasteiger partial charge is 0.0489 e. The molecule has 3 heteroatoms. The molecule has 0 fully saturated rings. The second-order valence-electron chi connectivity index (χ2n) is 10.1. The maximum Gasteiger partial charge on any atom is 0.0489 e. The van der Waals surface area contributed by atoms with Crippen LogP contribution in [0.3, 0.4) is 0 Å². The molecule has 0 N–H and O–H groups in total. The van der Waals surface area contributed by atoms with Crippen LogP contribution in [0, 0.1) is 13.8 Å². The van der Waals surface area contributed by atoms with E-state index in [4.69, 9.17) is 0 Å². The molecular weight excluding hydrogens is 480 g/mol. The second-order valence-corrected chi connectivity index (χ2v) is 10.1. The van der Waals surface area contributed by atoms with Crippen molar-refractivity contribution in [1.29, 1.82) is 0 Å². The molecule has 0 saturated carbocycles. The number of aromatic nitrogens is 2. The Morgan fingerprint density at radius 2 is 0.816 bits per heavy atom. The summed E-state index contributed by atoms with van der Waals surface area (Å²) in [6.45, 7) is 4.48. The molecule has 0 radical (unpaired) electrons. The van der Waals surface area contributed by atoms with Crippen LogP contribution in [0.4, 0.5) is 0 Å². The molecule has 0 aliphatic carbocycles. The molecule has 2 nitrogen and oxygen atoms in total. The van der Waals surface area contributed by atoms with Crippen molar-refractivity contribution in [2.24, 2.45) is 14.1 Å². The third-order valence-electron chi connectivity index (χ3n) is 8.02. The summed E-state index contributed by atoms with van der Waals surface area (Å²) in [5, 5.41) is 5.25. The maximum atomic E-state index is 3.53. The van der Waals surface area contributed by atoms with Crippen LogP contribution in [-0.4, -0.2) is 15.4 Å². The molecule has 0 spiro atoms. The van der Waals surface area contributed by atoms with Crippen LogP contribution in [-0.2, 0) is 14.1 Å². The van der Waals surface area contributed by atoms with E-state index in [0.717, 1.165) is 0 Å². The standard InChI is InChI=1S/C34H28N2.CH4S/c1-21-17-28(24-14-16-34-30(20-24)26-10-6-8-12-32(26)36(34)4)22(2)18-27(21)23-13-15-33-29(19-23)25-9-5-7-11-31(25)35(33)3;1-2/h5-20H,1-4H3;2H,1H3. The monoisotopic (exact) mass is 512 g/mol. The fraction of sp³-hybridized carbons (Fsp3) is 0.143. The van der Waals surface area contributed by atoms with Gasteiger partial charge in [0.25, 0.3) is 0 Å². The number of hydrogen-bond acceptors (Lipinski definition) is 1. The van der Waals surface area contributed by atoms with Gasteiger partial charge in [0.2, 0.25) is 0 Å². The zero-order chi connectivity index (χ0) is 26.6. The van der Waals surface area contributed by atoms with Crippen LogP contribution in [0.1, 0.15) is 11.1 Å². The lowest BCUT2D eigenvalue weighted by Crippen LogP contribution is -1.91. The first-order valence-corrected chi connectivity index (χ1v) is 13.9. The Labute approximate surface area is 229 Å². The lowest BCUT2D eigenvalue weighted by molar-refractivity contribution is 1.01. The number of para-hydroxylation sites is 2. The number of nitrogens with zero attached hydrogens (tertiary/aromatic N) is 2. The fourth-order valence-corrected chi connectivity index (χ4v) is 6.11. The van der Waals surface area contributed by atoms with Gasteiger partial charge in [-0.25, -0.2) is 0 Å². The molecule has 7 rings (SSSR count). The summed E-state index contributed by atoms with van der Waals surface area (Å²) in [6.07, 6.45) is 1.69. The van der Waals surface area contributed by atoms with Crippen LogP contribution in [0.25, 0.3) is 65.9 Å². The van der Waals surface area contributed by atoms with Crippen LogP contribution >= 0.6 is 12.6 Å². The minimum atomic E-state index is 1.27. The lowest BCUT2D eigenvalue weighted by Gasteiger charge is -2.14. The van der Waals surface area contributed by atoms with Crippen molar-refractivity contribution in [3.8, 4) is 22.3 Å². The molecule has 188 valence electrons. The molecule has 2 heterocycles. The van der Waals surface area contributed by atoms with Gasteiger partial charge in [0.1, 0.15) is 0 Å². The van der Waals surface area contributed by atoms with Gasteiger partial charge in [-0.15, -0.1) is 0 Å². The third kappa shape index (κ3) is 3.65. The first kappa shape index (κ1) is 24.4. The molecule has 38 heavy (non-hydrogen) atoms. The number of fused-ring (bicyclic) bond motifs is 6. The average molecular weight is 513 g/mol. The number of benzene rings is 5. The van der Waals surface area contributed by atoms with Gasteiger partial charge in [-0.2, -0.15) is 12.6 Å². The lowest BCUT2D eigenvalue weighted by atomic mass is 9.91. The van der Waals surface area contributed by atoms with Crippen molar-refractivity contribution in [3.05, 3.63) is 108 Å². The molecule has 0 saturated heterocycles. The molecule has 0 atom stereocenters. The Morgan fingerprint density at radius 1 is 0.447 bits per heavy atom. The molecular formula is C35H32N2S. The van der Waals surface area contributed by atoms with Crippen molar-refractivity contribution in [2.75, 3.05) is 6.26 Å². The Bertz CT molecular complexity index is 1840. The molecule has 0 amide bonds. The van der Waals surface area contributed by atoms with E-state index >= 15 is 0 Å². The highest BCUT2D eigenvalue weighted by Gasteiger charge is 2.14. The Hall–Kier alpha value is -3.95. The highest BCUT2D eigenvalue weighted by atomic mass is 32.1. The molecule has 0 aliphatic heterocycles. The zero-order valence-corrected chi connectivity index (χ0v) is 23.5. The van der Waals surface area contributed by atoms with Crippen molar-refractivity contribution in [1.82, 2.24) is 9.13 Å². The zero-order valence-electron chi connectivity index (χ0n) is 22.6. The first-order chi connectivity index (χ1) is 18.5. The van der Waals surface area contributed by atoms with Gasteiger partial charge in [-0.05, 0) is 89.9 Å². The summed E-state index contributed by atoms with van der Waals surface area (Å²) in [5.41, 5.74) is 12.8. The molecule has 7 aromatic rings. The summed E-state index contributed by atoms with van der Waals surface area (Å²) >= 11 is 3.53. The van der Waals surface area contributed by atoms with Crippen molar-refractivity contribution in [2.45, 2.75) is 13.8 Å². The van der Waals surface area contributed by atoms with Crippen molar-refractivity contribution in [3.63, 3.8) is 0 Å². The Balaban J connectivity index is 0.00000129. The Morgan fingerprint density at radius 3 is 1.24 bits per heavy atom. The van der Waals surface area contributed by atoms with Crippen LogP contribution in [0.15, 0.2) is 97.1 Å². The van der Waals surface area contributed by atoms with Gasteiger partial charge in [0.15, 0.2) is 0 Å². The Kier molecular flexibility index (Phi) is 6.04. The maximum absolute atomic E-state index is 3.53. The predicted molar refractivity (Wildman–Crippen MR) is 170 cm³/mol. The van der Waals surface area contributed by atoms with E-state index in [-0.39, 0.29) is 0 Å². The summed E-state index contributed by atoms with van der Waals surface area (Å²) in [7, 11) is 4.31. The number of rotatable bonds is 2. The molecule has 0 bridgehead atoms. The molecule has 0 unspecified atom stereocenters.